The summed E-state index contributed by atoms with van der Waals surface area (Å²) in [5.41, 5.74) is 1.66. The average Bonchev–Trinajstić information content (AvgIpc) is 3.06. The van der Waals surface area contributed by atoms with E-state index in [0.29, 0.717) is 31.7 Å². The van der Waals surface area contributed by atoms with Gasteiger partial charge in [0, 0.05) is 44.1 Å². The molecule has 3 rings (SSSR count). The summed E-state index contributed by atoms with van der Waals surface area (Å²) in [4.78, 5) is 26.3. The summed E-state index contributed by atoms with van der Waals surface area (Å²) in [7, 11) is 1.72. The van der Waals surface area contributed by atoms with Gasteiger partial charge in [0.25, 0.3) is 5.91 Å². The third kappa shape index (κ3) is 4.62. The molecular formula is C20H29N3O3. The van der Waals surface area contributed by atoms with Crippen LogP contribution in [0.3, 0.4) is 0 Å². The SMILES string of the molecule is COCC1(CNC(=O)c2cccc(CN3CCCC3=O)c2)CCNCC1. The van der Waals surface area contributed by atoms with Gasteiger partial charge in [-0.05, 0) is 50.0 Å². The number of methoxy groups -OCH3 is 1. The minimum atomic E-state index is -0.0615. The van der Waals surface area contributed by atoms with Crippen LogP contribution in [0, 0.1) is 5.41 Å². The third-order valence-electron chi connectivity index (χ3n) is 5.47. The lowest BCUT2D eigenvalue weighted by Gasteiger charge is -2.37. The quantitative estimate of drug-likeness (QED) is 0.775. The maximum atomic E-state index is 12.6. The van der Waals surface area contributed by atoms with Gasteiger partial charge in [-0.15, -0.1) is 0 Å². The predicted molar refractivity (Wildman–Crippen MR) is 99.8 cm³/mol. The Hall–Kier alpha value is -1.92. The smallest absolute Gasteiger partial charge is 0.251 e. The van der Waals surface area contributed by atoms with Crippen molar-refractivity contribution in [2.75, 3.05) is 39.9 Å². The standard InChI is InChI=1S/C20H29N3O3/c1-26-15-20(7-9-21-10-8-20)14-22-19(25)17-5-2-4-16(12-17)13-23-11-3-6-18(23)24/h2,4-5,12,21H,3,6-11,13-15H2,1H3,(H,22,25). The molecule has 0 unspecified atom stereocenters. The summed E-state index contributed by atoms with van der Waals surface area (Å²) in [6, 6.07) is 7.59. The van der Waals surface area contributed by atoms with E-state index in [2.05, 4.69) is 10.6 Å². The minimum absolute atomic E-state index is 0.00917. The number of ether oxygens (including phenoxy) is 1. The van der Waals surface area contributed by atoms with Crippen LogP contribution in [0.15, 0.2) is 24.3 Å². The molecule has 1 aromatic rings. The van der Waals surface area contributed by atoms with Crippen LogP contribution in [0.5, 0.6) is 0 Å². The van der Waals surface area contributed by atoms with Crippen molar-refractivity contribution in [1.82, 2.24) is 15.5 Å². The second-order valence-corrected chi connectivity index (χ2v) is 7.48. The van der Waals surface area contributed by atoms with Crippen molar-refractivity contribution < 1.29 is 14.3 Å². The molecule has 6 nitrogen and oxygen atoms in total. The van der Waals surface area contributed by atoms with Crippen LogP contribution in [-0.4, -0.2) is 56.6 Å². The van der Waals surface area contributed by atoms with Crippen LogP contribution >= 0.6 is 0 Å². The first-order valence-corrected chi connectivity index (χ1v) is 9.46. The fourth-order valence-electron chi connectivity index (χ4n) is 3.91. The van der Waals surface area contributed by atoms with Gasteiger partial charge in [0.1, 0.15) is 0 Å². The Morgan fingerprint density at radius 2 is 2.15 bits per heavy atom. The van der Waals surface area contributed by atoms with Crippen LogP contribution in [0.2, 0.25) is 0 Å². The van der Waals surface area contributed by atoms with Crippen molar-refractivity contribution in [2.24, 2.45) is 5.41 Å². The average molecular weight is 359 g/mol. The second-order valence-electron chi connectivity index (χ2n) is 7.48. The third-order valence-corrected chi connectivity index (χ3v) is 5.47. The molecule has 2 aliphatic heterocycles. The van der Waals surface area contributed by atoms with E-state index in [1.807, 2.05) is 29.2 Å². The molecule has 6 heteroatoms. The summed E-state index contributed by atoms with van der Waals surface area (Å²) in [5, 5.41) is 6.46. The van der Waals surface area contributed by atoms with Gasteiger partial charge in [-0.25, -0.2) is 0 Å². The highest BCUT2D eigenvalue weighted by Crippen LogP contribution is 2.28. The first-order chi connectivity index (χ1) is 12.6. The number of rotatable bonds is 7. The maximum absolute atomic E-state index is 12.6. The molecule has 142 valence electrons. The van der Waals surface area contributed by atoms with E-state index >= 15 is 0 Å². The van der Waals surface area contributed by atoms with Gasteiger partial charge < -0.3 is 20.3 Å². The zero-order valence-corrected chi connectivity index (χ0v) is 15.6. The normalized spacial score (nSPS) is 19.6. The molecule has 0 aliphatic carbocycles. The van der Waals surface area contributed by atoms with Gasteiger partial charge in [-0.2, -0.15) is 0 Å². The van der Waals surface area contributed by atoms with Crippen molar-refractivity contribution in [3.05, 3.63) is 35.4 Å². The van der Waals surface area contributed by atoms with Crippen LogP contribution < -0.4 is 10.6 Å². The Morgan fingerprint density at radius 3 is 2.85 bits per heavy atom. The highest BCUT2D eigenvalue weighted by atomic mass is 16.5. The van der Waals surface area contributed by atoms with Gasteiger partial charge in [-0.1, -0.05) is 12.1 Å². The number of nitrogens with zero attached hydrogens (tertiary/aromatic N) is 1. The van der Waals surface area contributed by atoms with E-state index in [1.54, 1.807) is 7.11 Å². The molecule has 0 radical (unpaired) electrons. The molecule has 2 saturated heterocycles. The Balaban J connectivity index is 1.60. The zero-order chi connectivity index (χ0) is 18.4. The van der Waals surface area contributed by atoms with Crippen molar-refractivity contribution >= 4 is 11.8 Å². The van der Waals surface area contributed by atoms with Gasteiger partial charge in [0.15, 0.2) is 0 Å². The molecule has 2 amide bonds. The van der Waals surface area contributed by atoms with E-state index in [-0.39, 0.29) is 17.2 Å². The Labute approximate surface area is 155 Å². The number of likely N-dealkylation sites (tertiary alicyclic amines) is 1. The second kappa shape index (κ2) is 8.64. The predicted octanol–water partition coefficient (Wildman–Crippen LogP) is 1.55. The number of benzene rings is 1. The number of hydrogen-bond donors (Lipinski definition) is 2. The summed E-state index contributed by atoms with van der Waals surface area (Å²) in [6.07, 6.45) is 3.56. The Bertz CT molecular complexity index is 635. The largest absolute Gasteiger partial charge is 0.384 e. The van der Waals surface area contributed by atoms with Crippen molar-refractivity contribution in [3.63, 3.8) is 0 Å². The highest BCUT2D eigenvalue weighted by Gasteiger charge is 2.32. The van der Waals surface area contributed by atoms with E-state index in [0.717, 1.165) is 44.5 Å². The molecular weight excluding hydrogens is 330 g/mol. The number of nitrogens with one attached hydrogen (secondary N) is 2. The maximum Gasteiger partial charge on any atom is 0.251 e. The molecule has 0 bridgehead atoms. The Morgan fingerprint density at radius 1 is 1.35 bits per heavy atom. The molecule has 2 fully saturated rings. The van der Waals surface area contributed by atoms with Gasteiger partial charge in [0.2, 0.25) is 5.91 Å². The molecule has 0 atom stereocenters. The van der Waals surface area contributed by atoms with Crippen LogP contribution in [0.1, 0.15) is 41.6 Å². The zero-order valence-electron chi connectivity index (χ0n) is 15.6. The monoisotopic (exact) mass is 359 g/mol. The lowest BCUT2D eigenvalue weighted by molar-refractivity contribution is -0.128. The number of carbonyl (C=O) groups excluding carboxylic acids is 2. The molecule has 0 saturated carbocycles. The molecule has 2 N–H and O–H groups in total. The summed E-state index contributed by atoms with van der Waals surface area (Å²) in [6.45, 7) is 4.58. The lowest BCUT2D eigenvalue weighted by atomic mass is 9.79. The molecule has 0 spiro atoms. The Kier molecular flexibility index (Phi) is 6.27. The van der Waals surface area contributed by atoms with Crippen LogP contribution in [-0.2, 0) is 16.1 Å². The molecule has 0 aromatic heterocycles. The topological polar surface area (TPSA) is 70.7 Å². The van der Waals surface area contributed by atoms with E-state index in [4.69, 9.17) is 4.74 Å². The van der Waals surface area contributed by atoms with Crippen molar-refractivity contribution in [1.29, 1.82) is 0 Å². The molecule has 2 aliphatic rings. The number of hydrogen-bond acceptors (Lipinski definition) is 4. The summed E-state index contributed by atoms with van der Waals surface area (Å²) in [5.74, 6) is 0.140. The number of carbonyl (C=O) groups is 2. The minimum Gasteiger partial charge on any atom is -0.384 e. The van der Waals surface area contributed by atoms with Crippen LogP contribution in [0.25, 0.3) is 0 Å². The molecule has 1 aromatic carbocycles. The fraction of sp³-hybridized carbons (Fsp3) is 0.600. The lowest BCUT2D eigenvalue weighted by Crippen LogP contribution is -2.47. The van der Waals surface area contributed by atoms with Gasteiger partial charge in [0.05, 0.1) is 6.61 Å². The van der Waals surface area contributed by atoms with Crippen LogP contribution in [0.4, 0.5) is 0 Å². The van der Waals surface area contributed by atoms with Gasteiger partial charge in [-0.3, -0.25) is 9.59 Å². The highest BCUT2D eigenvalue weighted by molar-refractivity contribution is 5.94. The first kappa shape index (κ1) is 18.9. The van der Waals surface area contributed by atoms with E-state index in [9.17, 15) is 9.59 Å². The fourth-order valence-corrected chi connectivity index (χ4v) is 3.91. The molecule has 2 heterocycles. The van der Waals surface area contributed by atoms with E-state index < -0.39 is 0 Å². The first-order valence-electron chi connectivity index (χ1n) is 9.46. The summed E-state index contributed by atoms with van der Waals surface area (Å²) < 4.78 is 5.41. The van der Waals surface area contributed by atoms with Crippen molar-refractivity contribution in [2.45, 2.75) is 32.2 Å². The number of amides is 2. The number of piperidine rings is 1. The van der Waals surface area contributed by atoms with Crippen molar-refractivity contribution in [3.8, 4) is 0 Å². The van der Waals surface area contributed by atoms with Gasteiger partial charge >= 0.3 is 0 Å². The summed E-state index contributed by atoms with van der Waals surface area (Å²) >= 11 is 0. The van der Waals surface area contributed by atoms with E-state index in [1.165, 1.54) is 0 Å². The molecule has 26 heavy (non-hydrogen) atoms.